The van der Waals surface area contributed by atoms with Gasteiger partial charge in [-0.1, -0.05) is 6.08 Å². The molecule has 0 N–H and O–H groups in total. The van der Waals surface area contributed by atoms with Crippen molar-refractivity contribution in [2.75, 3.05) is 12.4 Å². The quantitative estimate of drug-likeness (QED) is 0.375. The summed E-state index contributed by atoms with van der Waals surface area (Å²) in [7, 11) is -4.47. The van der Waals surface area contributed by atoms with Gasteiger partial charge in [-0.15, -0.1) is 6.58 Å². The third kappa shape index (κ3) is 4.27. The first-order chi connectivity index (χ1) is 9.52. The Morgan fingerprint density at radius 1 is 0.909 bits per heavy atom. The van der Waals surface area contributed by atoms with Crippen LogP contribution in [0.4, 0.5) is 39.5 Å². The molecule has 0 aromatic rings. The van der Waals surface area contributed by atoms with E-state index in [1.54, 1.807) is 0 Å². The highest BCUT2D eigenvalue weighted by Gasteiger charge is 2.81. The first-order valence-electron chi connectivity index (χ1n) is 5.20. The minimum absolute atomic E-state index is 0.750. The molecule has 0 aliphatic carbocycles. The first kappa shape index (κ1) is 21.0. The van der Waals surface area contributed by atoms with Gasteiger partial charge >= 0.3 is 23.9 Å². The molecule has 0 saturated heterocycles. The van der Waals surface area contributed by atoms with Crippen LogP contribution in [0.3, 0.4) is 0 Å². The van der Waals surface area contributed by atoms with Gasteiger partial charge in [-0.2, -0.15) is 47.9 Å². The molecule has 0 aliphatic rings. The van der Waals surface area contributed by atoms with E-state index in [-0.39, 0.29) is 0 Å². The third-order valence-electron chi connectivity index (χ3n) is 2.21. The van der Waals surface area contributed by atoms with Crippen LogP contribution in [0.1, 0.15) is 6.42 Å². The Morgan fingerprint density at radius 2 is 1.36 bits per heavy atom. The third-order valence-corrected chi connectivity index (χ3v) is 3.38. The summed E-state index contributed by atoms with van der Waals surface area (Å²) in [5.41, 5.74) is 0. The van der Waals surface area contributed by atoms with Gasteiger partial charge in [0.25, 0.3) is 10.1 Å². The molecule has 0 aliphatic heterocycles. The molecule has 0 amide bonds. The Morgan fingerprint density at radius 3 is 1.73 bits per heavy atom. The van der Waals surface area contributed by atoms with E-state index in [1.807, 2.05) is 0 Å². The summed E-state index contributed by atoms with van der Waals surface area (Å²) in [6.07, 6.45) is -8.54. The van der Waals surface area contributed by atoms with Crippen molar-refractivity contribution in [3.05, 3.63) is 12.7 Å². The Bertz CT molecular complexity index is 495. The summed E-state index contributed by atoms with van der Waals surface area (Å²) in [5.74, 6) is -20.6. The largest absolute Gasteiger partial charge is 0.460 e. The van der Waals surface area contributed by atoms with Crippen LogP contribution in [0.2, 0.25) is 0 Å². The second-order valence-corrected chi connectivity index (χ2v) is 5.62. The second-order valence-electron chi connectivity index (χ2n) is 3.94. The summed E-state index contributed by atoms with van der Waals surface area (Å²) in [6, 6.07) is 0. The lowest BCUT2D eigenvalue weighted by atomic mass is 10.0. The Balaban J connectivity index is 5.12. The molecule has 0 aromatic heterocycles. The normalized spacial score (nSPS) is 15.0. The molecule has 0 bridgehead atoms. The molecule has 22 heavy (non-hydrogen) atoms. The first-order valence-corrected chi connectivity index (χ1v) is 6.78. The van der Waals surface area contributed by atoms with Gasteiger partial charge in [0.2, 0.25) is 0 Å². The van der Waals surface area contributed by atoms with Gasteiger partial charge in [-0.3, -0.25) is 4.18 Å². The Labute approximate surface area is 118 Å². The van der Waals surface area contributed by atoms with Gasteiger partial charge in [-0.05, 0) is 0 Å². The fourth-order valence-electron chi connectivity index (χ4n) is 1.05. The van der Waals surface area contributed by atoms with Crippen molar-refractivity contribution in [3.63, 3.8) is 0 Å². The highest BCUT2D eigenvalue weighted by atomic mass is 32.2. The smallest absolute Gasteiger partial charge is 0.270 e. The lowest BCUT2D eigenvalue weighted by Gasteiger charge is -2.33. The van der Waals surface area contributed by atoms with Gasteiger partial charge in [-0.25, -0.2) is 0 Å². The van der Waals surface area contributed by atoms with Gasteiger partial charge < -0.3 is 0 Å². The fraction of sp³-hybridized carbons (Fsp3) is 0.778. The van der Waals surface area contributed by atoms with Gasteiger partial charge in [0.05, 0.1) is 12.4 Å². The average molecular weight is 368 g/mol. The zero-order valence-electron chi connectivity index (χ0n) is 10.4. The molecule has 13 heteroatoms. The summed E-state index contributed by atoms with van der Waals surface area (Å²) < 4.78 is 137. The van der Waals surface area contributed by atoms with E-state index >= 15 is 0 Å². The molecule has 0 unspecified atom stereocenters. The van der Waals surface area contributed by atoms with Crippen LogP contribution in [0.5, 0.6) is 0 Å². The minimum atomic E-state index is -7.01. The van der Waals surface area contributed by atoms with Crippen LogP contribution < -0.4 is 0 Å². The molecule has 0 aromatic carbocycles. The van der Waals surface area contributed by atoms with E-state index in [4.69, 9.17) is 0 Å². The average Bonchev–Trinajstić information content (AvgIpc) is 2.25. The maximum absolute atomic E-state index is 13.0. The molecular weight excluding hydrogens is 359 g/mol. The molecule has 0 spiro atoms. The van der Waals surface area contributed by atoms with Gasteiger partial charge in [0.15, 0.2) is 0 Å². The zero-order valence-corrected chi connectivity index (χ0v) is 11.3. The molecule has 0 atom stereocenters. The van der Waals surface area contributed by atoms with Crippen molar-refractivity contribution in [2.24, 2.45) is 0 Å². The number of hydrogen-bond acceptors (Lipinski definition) is 3. The minimum Gasteiger partial charge on any atom is -0.270 e. The SMILES string of the molecule is C=CCS(=O)(=O)OCCC(F)(F)C(F)(F)C(F)(F)C(F)(F)F. The molecule has 0 fully saturated rings. The van der Waals surface area contributed by atoms with Crippen LogP contribution in [0, 0.1) is 0 Å². The molecule has 132 valence electrons. The van der Waals surface area contributed by atoms with E-state index in [1.165, 1.54) is 0 Å². The van der Waals surface area contributed by atoms with Crippen molar-refractivity contribution >= 4 is 10.1 Å². The predicted molar refractivity (Wildman–Crippen MR) is 55.4 cm³/mol. The summed E-state index contributed by atoms with van der Waals surface area (Å²) in [4.78, 5) is 0. The van der Waals surface area contributed by atoms with Crippen LogP contribution in [-0.2, 0) is 14.3 Å². The maximum Gasteiger partial charge on any atom is 0.460 e. The summed E-state index contributed by atoms with van der Waals surface area (Å²) in [6.45, 7) is 1.23. The zero-order chi connectivity index (χ0) is 18.0. The molecule has 0 rings (SSSR count). The van der Waals surface area contributed by atoms with E-state index in [0.717, 1.165) is 6.08 Å². The van der Waals surface area contributed by atoms with E-state index in [2.05, 4.69) is 10.8 Å². The van der Waals surface area contributed by atoms with Crippen LogP contribution in [0.15, 0.2) is 12.7 Å². The van der Waals surface area contributed by atoms with Crippen LogP contribution in [0.25, 0.3) is 0 Å². The van der Waals surface area contributed by atoms with Crippen molar-refractivity contribution in [1.82, 2.24) is 0 Å². The molecular formula is C9H9F9O3S. The fourth-order valence-corrected chi connectivity index (χ4v) is 1.78. The van der Waals surface area contributed by atoms with E-state index in [9.17, 15) is 47.9 Å². The second kappa shape index (κ2) is 6.26. The lowest BCUT2D eigenvalue weighted by molar-refractivity contribution is -0.397. The molecule has 0 radical (unpaired) electrons. The van der Waals surface area contributed by atoms with Crippen molar-refractivity contribution in [2.45, 2.75) is 30.4 Å². The van der Waals surface area contributed by atoms with Crippen molar-refractivity contribution in [3.8, 4) is 0 Å². The number of alkyl halides is 9. The van der Waals surface area contributed by atoms with E-state index in [0.29, 0.717) is 0 Å². The molecule has 0 saturated carbocycles. The number of hydrogen-bond donors (Lipinski definition) is 0. The number of rotatable bonds is 8. The topological polar surface area (TPSA) is 43.4 Å². The van der Waals surface area contributed by atoms with E-state index < -0.39 is 52.8 Å². The highest BCUT2D eigenvalue weighted by molar-refractivity contribution is 7.86. The Hall–Kier alpha value is -0.980. The number of halogens is 9. The van der Waals surface area contributed by atoms with Crippen LogP contribution >= 0.6 is 0 Å². The summed E-state index contributed by atoms with van der Waals surface area (Å²) in [5, 5.41) is 0. The van der Waals surface area contributed by atoms with Crippen molar-refractivity contribution in [1.29, 1.82) is 0 Å². The summed E-state index contributed by atoms with van der Waals surface area (Å²) >= 11 is 0. The molecule has 3 nitrogen and oxygen atoms in total. The van der Waals surface area contributed by atoms with Gasteiger partial charge in [0, 0.05) is 6.42 Å². The highest BCUT2D eigenvalue weighted by Crippen LogP contribution is 2.53. The molecule has 0 heterocycles. The lowest BCUT2D eigenvalue weighted by Crippen LogP contribution is -2.61. The Kier molecular flexibility index (Phi) is 5.98. The monoisotopic (exact) mass is 368 g/mol. The van der Waals surface area contributed by atoms with Gasteiger partial charge in [0.1, 0.15) is 0 Å². The van der Waals surface area contributed by atoms with Crippen molar-refractivity contribution < 1.29 is 52.1 Å². The standard InChI is InChI=1S/C9H9F9O3S/c1-2-5-22(19,20)21-4-3-6(10,11)7(12,13)8(14,15)9(16,17)18/h2H,1,3-5H2. The maximum atomic E-state index is 13.0. The predicted octanol–water partition coefficient (Wildman–Crippen LogP) is 3.38. The van der Waals surface area contributed by atoms with Crippen LogP contribution in [-0.4, -0.2) is 44.7 Å².